The molecule has 0 fully saturated rings. The first kappa shape index (κ1) is 13.6. The van der Waals surface area contributed by atoms with Crippen molar-refractivity contribution in [2.45, 2.75) is 20.8 Å². The molecule has 1 rings (SSSR count). The van der Waals surface area contributed by atoms with E-state index in [-0.39, 0.29) is 6.61 Å². The van der Waals surface area contributed by atoms with E-state index in [1.54, 1.807) is 6.92 Å². The Hall–Kier alpha value is -1.48. The molecule has 92 valence electrons. The maximum atomic E-state index is 10.4. The van der Waals surface area contributed by atoms with Gasteiger partial charge in [0, 0.05) is 11.1 Å². The van der Waals surface area contributed by atoms with Gasteiger partial charge in [-0.25, -0.2) is 4.79 Å². The van der Waals surface area contributed by atoms with Crippen LogP contribution in [0.25, 0.3) is 0 Å². The highest BCUT2D eigenvalue weighted by molar-refractivity contribution is 6.32. The number of carbonyl (C=O) groups is 1. The van der Waals surface area contributed by atoms with Gasteiger partial charge in [0.1, 0.15) is 12.4 Å². The zero-order valence-electron chi connectivity index (χ0n) is 10.1. The Kier molecular flexibility index (Phi) is 4.58. The molecule has 0 radical (unpaired) electrons. The Morgan fingerprint density at radius 2 is 1.94 bits per heavy atom. The number of carboxylic acid groups (broad SMARTS) is 1. The van der Waals surface area contributed by atoms with E-state index in [4.69, 9.17) is 21.4 Å². The average Bonchev–Trinajstić information content (AvgIpc) is 2.22. The third-order valence-electron chi connectivity index (χ3n) is 2.25. The monoisotopic (exact) mass is 254 g/mol. The molecule has 0 saturated heterocycles. The zero-order chi connectivity index (χ0) is 13.0. The number of halogens is 1. The Balaban J connectivity index is 2.74. The lowest BCUT2D eigenvalue weighted by molar-refractivity contribution is -0.131. The first-order chi connectivity index (χ1) is 7.90. The van der Waals surface area contributed by atoms with Crippen molar-refractivity contribution in [3.63, 3.8) is 0 Å². The molecule has 0 spiro atoms. The largest absolute Gasteiger partial charge is 0.489 e. The van der Waals surface area contributed by atoms with Gasteiger partial charge in [-0.05, 0) is 49.6 Å². The highest BCUT2D eigenvalue weighted by Gasteiger charge is 2.04. The fourth-order valence-corrected chi connectivity index (χ4v) is 1.55. The first-order valence-corrected chi connectivity index (χ1v) is 5.57. The second-order valence-electron chi connectivity index (χ2n) is 3.99. The lowest BCUT2D eigenvalue weighted by atomic mass is 10.1. The van der Waals surface area contributed by atoms with Crippen LogP contribution in [0.5, 0.6) is 5.75 Å². The normalized spacial score (nSPS) is 11.4. The topological polar surface area (TPSA) is 46.5 Å². The minimum atomic E-state index is -0.963. The summed E-state index contributed by atoms with van der Waals surface area (Å²) in [5.41, 5.74) is 2.55. The molecule has 0 aliphatic heterocycles. The smallest absolute Gasteiger partial charge is 0.328 e. The molecule has 1 aromatic carbocycles. The molecule has 1 aromatic rings. The van der Waals surface area contributed by atoms with Crippen molar-refractivity contribution >= 4 is 17.6 Å². The van der Waals surface area contributed by atoms with Crippen molar-refractivity contribution in [2.75, 3.05) is 6.61 Å². The number of rotatable bonds is 4. The lowest BCUT2D eigenvalue weighted by Gasteiger charge is -2.09. The summed E-state index contributed by atoms with van der Waals surface area (Å²) in [4.78, 5) is 10.4. The predicted octanol–water partition coefficient (Wildman–Crippen LogP) is 3.37. The summed E-state index contributed by atoms with van der Waals surface area (Å²) in [6.45, 7) is 5.78. The number of hydrogen-bond acceptors (Lipinski definition) is 2. The summed E-state index contributed by atoms with van der Waals surface area (Å²) < 4.78 is 5.50. The highest BCUT2D eigenvalue weighted by Crippen LogP contribution is 2.25. The van der Waals surface area contributed by atoms with Crippen molar-refractivity contribution in [3.05, 3.63) is 39.9 Å². The second kappa shape index (κ2) is 5.73. The van der Waals surface area contributed by atoms with Gasteiger partial charge in [-0.1, -0.05) is 11.6 Å². The third-order valence-corrected chi connectivity index (χ3v) is 2.84. The van der Waals surface area contributed by atoms with E-state index in [0.29, 0.717) is 11.3 Å². The number of hydrogen-bond donors (Lipinski definition) is 1. The SMILES string of the molecule is C/C(=C\C(=O)O)COc1cc(C)c(Cl)c(C)c1. The van der Waals surface area contributed by atoms with Crippen molar-refractivity contribution in [2.24, 2.45) is 0 Å². The predicted molar refractivity (Wildman–Crippen MR) is 67.8 cm³/mol. The summed E-state index contributed by atoms with van der Waals surface area (Å²) in [5, 5.41) is 9.29. The fourth-order valence-electron chi connectivity index (χ4n) is 1.44. The molecular formula is C13H15ClO3. The van der Waals surface area contributed by atoms with Gasteiger partial charge in [0.2, 0.25) is 0 Å². The molecule has 0 atom stereocenters. The summed E-state index contributed by atoms with van der Waals surface area (Å²) in [5.74, 6) is -0.267. The van der Waals surface area contributed by atoms with Crippen LogP contribution in [0, 0.1) is 13.8 Å². The molecule has 0 heterocycles. The summed E-state index contributed by atoms with van der Waals surface area (Å²) in [6, 6.07) is 3.67. The standard InChI is InChI=1S/C13H15ClO3/c1-8(4-12(15)16)7-17-11-5-9(2)13(14)10(3)6-11/h4-6H,7H2,1-3H3,(H,15,16)/b8-4+. The van der Waals surface area contributed by atoms with Gasteiger partial charge in [0.15, 0.2) is 0 Å². The number of ether oxygens (including phenoxy) is 1. The molecule has 0 bridgehead atoms. The van der Waals surface area contributed by atoms with Gasteiger partial charge in [0.05, 0.1) is 0 Å². The van der Waals surface area contributed by atoms with E-state index in [1.807, 2.05) is 26.0 Å². The van der Waals surface area contributed by atoms with E-state index >= 15 is 0 Å². The van der Waals surface area contributed by atoms with E-state index in [1.165, 1.54) is 0 Å². The zero-order valence-corrected chi connectivity index (χ0v) is 10.8. The van der Waals surface area contributed by atoms with Gasteiger partial charge in [-0.3, -0.25) is 0 Å². The van der Waals surface area contributed by atoms with E-state index < -0.39 is 5.97 Å². The van der Waals surface area contributed by atoms with Crippen molar-refractivity contribution in [1.82, 2.24) is 0 Å². The Morgan fingerprint density at radius 1 is 1.41 bits per heavy atom. The molecule has 1 N–H and O–H groups in total. The van der Waals surface area contributed by atoms with Crippen LogP contribution in [0.4, 0.5) is 0 Å². The summed E-state index contributed by atoms with van der Waals surface area (Å²) in [7, 11) is 0. The average molecular weight is 255 g/mol. The van der Waals surface area contributed by atoms with Gasteiger partial charge in [-0.2, -0.15) is 0 Å². The van der Waals surface area contributed by atoms with Crippen LogP contribution in [0.15, 0.2) is 23.8 Å². The van der Waals surface area contributed by atoms with Gasteiger partial charge >= 0.3 is 5.97 Å². The molecule has 0 saturated carbocycles. The maximum Gasteiger partial charge on any atom is 0.328 e. The molecule has 0 aromatic heterocycles. The van der Waals surface area contributed by atoms with Crippen LogP contribution in [0.3, 0.4) is 0 Å². The minimum absolute atomic E-state index is 0.257. The van der Waals surface area contributed by atoms with Crippen LogP contribution in [0.2, 0.25) is 5.02 Å². The molecule has 0 aliphatic rings. The van der Waals surface area contributed by atoms with Crippen LogP contribution in [-0.2, 0) is 4.79 Å². The molecule has 3 nitrogen and oxygen atoms in total. The fraction of sp³-hybridized carbons (Fsp3) is 0.308. The molecule has 0 unspecified atom stereocenters. The minimum Gasteiger partial charge on any atom is -0.489 e. The molecular weight excluding hydrogens is 240 g/mol. The Bertz CT molecular complexity index is 441. The van der Waals surface area contributed by atoms with Gasteiger partial charge in [-0.15, -0.1) is 0 Å². The summed E-state index contributed by atoms with van der Waals surface area (Å²) >= 11 is 6.04. The molecule has 4 heteroatoms. The maximum absolute atomic E-state index is 10.4. The summed E-state index contributed by atoms with van der Waals surface area (Å²) in [6.07, 6.45) is 1.13. The quantitative estimate of drug-likeness (QED) is 0.838. The van der Waals surface area contributed by atoms with Crippen LogP contribution in [-0.4, -0.2) is 17.7 Å². The molecule has 17 heavy (non-hydrogen) atoms. The number of aryl methyl sites for hydroxylation is 2. The Labute approximate surface area is 106 Å². The number of benzene rings is 1. The van der Waals surface area contributed by atoms with Crippen LogP contribution >= 0.6 is 11.6 Å². The van der Waals surface area contributed by atoms with Gasteiger partial charge < -0.3 is 9.84 Å². The highest BCUT2D eigenvalue weighted by atomic mass is 35.5. The van der Waals surface area contributed by atoms with E-state index in [2.05, 4.69) is 0 Å². The molecule has 0 amide bonds. The Morgan fingerprint density at radius 3 is 2.41 bits per heavy atom. The third kappa shape index (κ3) is 4.11. The van der Waals surface area contributed by atoms with Gasteiger partial charge in [0.25, 0.3) is 0 Å². The lowest BCUT2D eigenvalue weighted by Crippen LogP contribution is -2.02. The number of aliphatic carboxylic acids is 1. The number of carboxylic acids is 1. The first-order valence-electron chi connectivity index (χ1n) is 5.20. The van der Waals surface area contributed by atoms with Crippen molar-refractivity contribution in [3.8, 4) is 5.75 Å². The second-order valence-corrected chi connectivity index (χ2v) is 4.37. The van der Waals surface area contributed by atoms with Crippen LogP contribution < -0.4 is 4.74 Å². The van der Waals surface area contributed by atoms with Crippen molar-refractivity contribution < 1.29 is 14.6 Å². The van der Waals surface area contributed by atoms with E-state index in [0.717, 1.165) is 22.2 Å². The van der Waals surface area contributed by atoms with E-state index in [9.17, 15) is 4.79 Å². The molecule has 0 aliphatic carbocycles. The van der Waals surface area contributed by atoms with Crippen LogP contribution in [0.1, 0.15) is 18.1 Å². The van der Waals surface area contributed by atoms with Crippen molar-refractivity contribution in [1.29, 1.82) is 0 Å².